The highest BCUT2D eigenvalue weighted by Crippen LogP contribution is 2.14. The van der Waals surface area contributed by atoms with E-state index in [2.05, 4.69) is 11.4 Å². The minimum Gasteiger partial charge on any atom is -0.345 e. The molecule has 4 heteroatoms. The van der Waals surface area contributed by atoms with Gasteiger partial charge in [0.05, 0.1) is 23.2 Å². The molecule has 0 aliphatic heterocycles. The number of nitriles is 1. The van der Waals surface area contributed by atoms with Crippen molar-refractivity contribution in [2.75, 3.05) is 0 Å². The summed E-state index contributed by atoms with van der Waals surface area (Å²) in [4.78, 5) is 11.9. The minimum atomic E-state index is -0.0786. The molecule has 0 spiro atoms. The van der Waals surface area contributed by atoms with E-state index in [4.69, 9.17) is 5.26 Å². The number of hydrogen-bond donors (Lipinski definition) is 1. The molecule has 1 heterocycles. The van der Waals surface area contributed by atoms with Crippen molar-refractivity contribution in [1.29, 1.82) is 5.26 Å². The Morgan fingerprint density at radius 1 is 1.33 bits per heavy atom. The maximum Gasteiger partial charge on any atom is 0.252 e. The van der Waals surface area contributed by atoms with Crippen molar-refractivity contribution in [1.82, 2.24) is 5.32 Å². The second-order valence-electron chi connectivity index (χ2n) is 3.94. The number of nitrogens with zero attached hydrogens (tertiary/aromatic N) is 1. The molecule has 2 aromatic rings. The van der Waals surface area contributed by atoms with Gasteiger partial charge >= 0.3 is 0 Å². The summed E-state index contributed by atoms with van der Waals surface area (Å²) in [5.74, 6) is -0.0758. The standard InChI is InChI=1S/C14H12N2OS/c1-10(12-4-2-11(8-15)3-5-12)16-14(17)13-6-7-18-9-13/h2-7,9-10H,1H3,(H,16,17). The maximum absolute atomic E-state index is 11.9. The fourth-order valence-corrected chi connectivity index (χ4v) is 2.24. The van der Waals surface area contributed by atoms with Crippen LogP contribution in [0.4, 0.5) is 0 Å². The molecule has 1 aromatic heterocycles. The van der Waals surface area contributed by atoms with Gasteiger partial charge in [-0.05, 0) is 36.1 Å². The molecule has 0 saturated heterocycles. The van der Waals surface area contributed by atoms with Gasteiger partial charge in [-0.1, -0.05) is 12.1 Å². The molecule has 90 valence electrons. The van der Waals surface area contributed by atoms with Gasteiger partial charge in [-0.25, -0.2) is 0 Å². The van der Waals surface area contributed by atoms with Crippen LogP contribution in [0.5, 0.6) is 0 Å². The van der Waals surface area contributed by atoms with Crippen LogP contribution in [0.2, 0.25) is 0 Å². The van der Waals surface area contributed by atoms with Gasteiger partial charge in [0, 0.05) is 5.38 Å². The highest BCUT2D eigenvalue weighted by Gasteiger charge is 2.11. The van der Waals surface area contributed by atoms with Crippen molar-refractivity contribution in [3.63, 3.8) is 0 Å². The van der Waals surface area contributed by atoms with Crippen molar-refractivity contribution in [2.45, 2.75) is 13.0 Å². The van der Waals surface area contributed by atoms with Crippen molar-refractivity contribution in [2.24, 2.45) is 0 Å². The molecule has 0 aliphatic carbocycles. The first-order chi connectivity index (χ1) is 8.70. The molecule has 1 unspecified atom stereocenters. The van der Waals surface area contributed by atoms with Crippen molar-refractivity contribution in [3.8, 4) is 6.07 Å². The van der Waals surface area contributed by atoms with E-state index in [9.17, 15) is 4.79 Å². The molecule has 1 amide bonds. The second kappa shape index (κ2) is 5.48. The fraction of sp³-hybridized carbons (Fsp3) is 0.143. The van der Waals surface area contributed by atoms with E-state index in [0.29, 0.717) is 11.1 Å². The van der Waals surface area contributed by atoms with Crippen LogP contribution in [0.25, 0.3) is 0 Å². The van der Waals surface area contributed by atoms with E-state index >= 15 is 0 Å². The Kier molecular flexibility index (Phi) is 3.75. The Morgan fingerprint density at radius 2 is 2.06 bits per heavy atom. The van der Waals surface area contributed by atoms with Gasteiger partial charge in [-0.3, -0.25) is 4.79 Å². The predicted molar refractivity (Wildman–Crippen MR) is 71.4 cm³/mol. The molecule has 1 aromatic carbocycles. The van der Waals surface area contributed by atoms with Crippen molar-refractivity contribution >= 4 is 17.2 Å². The summed E-state index contributed by atoms with van der Waals surface area (Å²) in [6.07, 6.45) is 0. The van der Waals surface area contributed by atoms with Crippen LogP contribution < -0.4 is 5.32 Å². The van der Waals surface area contributed by atoms with Crippen molar-refractivity contribution < 1.29 is 4.79 Å². The van der Waals surface area contributed by atoms with Crippen LogP contribution in [0.15, 0.2) is 41.1 Å². The number of thiophene rings is 1. The first kappa shape index (κ1) is 12.3. The first-order valence-electron chi connectivity index (χ1n) is 5.54. The summed E-state index contributed by atoms with van der Waals surface area (Å²) in [5, 5.41) is 15.3. The van der Waals surface area contributed by atoms with Crippen LogP contribution in [0.3, 0.4) is 0 Å². The molecule has 0 saturated carbocycles. The molecule has 0 aliphatic rings. The normalized spacial score (nSPS) is 11.6. The van der Waals surface area contributed by atoms with Crippen LogP contribution in [0, 0.1) is 11.3 Å². The lowest BCUT2D eigenvalue weighted by molar-refractivity contribution is 0.0940. The molecule has 1 N–H and O–H groups in total. The van der Waals surface area contributed by atoms with Crippen molar-refractivity contribution in [3.05, 3.63) is 57.8 Å². The molecule has 1 atom stereocenters. The summed E-state index contributed by atoms with van der Waals surface area (Å²) in [5.41, 5.74) is 2.29. The number of benzene rings is 1. The van der Waals surface area contributed by atoms with Gasteiger partial charge in [0.25, 0.3) is 5.91 Å². The third-order valence-electron chi connectivity index (χ3n) is 2.67. The number of amides is 1. The summed E-state index contributed by atoms with van der Waals surface area (Å²) in [6, 6.07) is 11.0. The van der Waals surface area contributed by atoms with Crippen LogP contribution in [-0.2, 0) is 0 Å². The highest BCUT2D eigenvalue weighted by molar-refractivity contribution is 7.08. The lowest BCUT2D eigenvalue weighted by Gasteiger charge is -2.13. The number of carbonyl (C=O) groups is 1. The van der Waals surface area contributed by atoms with E-state index in [1.807, 2.05) is 29.8 Å². The Morgan fingerprint density at radius 3 is 2.61 bits per heavy atom. The van der Waals surface area contributed by atoms with Gasteiger partial charge in [-0.2, -0.15) is 16.6 Å². The Hall–Kier alpha value is -2.12. The number of nitrogens with one attached hydrogen (secondary N) is 1. The minimum absolute atomic E-state index is 0.0758. The SMILES string of the molecule is CC(NC(=O)c1ccsc1)c1ccc(C#N)cc1. The molecule has 18 heavy (non-hydrogen) atoms. The topological polar surface area (TPSA) is 52.9 Å². The van der Waals surface area contributed by atoms with Gasteiger partial charge in [0.2, 0.25) is 0 Å². The van der Waals surface area contributed by atoms with Gasteiger partial charge in [-0.15, -0.1) is 0 Å². The van der Waals surface area contributed by atoms with Crippen LogP contribution in [0.1, 0.15) is 34.5 Å². The summed E-state index contributed by atoms with van der Waals surface area (Å²) >= 11 is 1.50. The zero-order valence-electron chi connectivity index (χ0n) is 9.88. The average molecular weight is 256 g/mol. The second-order valence-corrected chi connectivity index (χ2v) is 4.72. The molecule has 2 rings (SSSR count). The predicted octanol–water partition coefficient (Wildman–Crippen LogP) is 3.11. The molecule has 3 nitrogen and oxygen atoms in total. The van der Waals surface area contributed by atoms with Gasteiger partial charge < -0.3 is 5.32 Å². The van der Waals surface area contributed by atoms with Gasteiger partial charge in [0.15, 0.2) is 0 Å². The third-order valence-corrected chi connectivity index (χ3v) is 3.35. The lowest BCUT2D eigenvalue weighted by atomic mass is 10.1. The average Bonchev–Trinajstić information content (AvgIpc) is 2.92. The molecular weight excluding hydrogens is 244 g/mol. The number of hydrogen-bond acceptors (Lipinski definition) is 3. The van der Waals surface area contributed by atoms with E-state index in [-0.39, 0.29) is 11.9 Å². The summed E-state index contributed by atoms with van der Waals surface area (Å²) < 4.78 is 0. The molecule has 0 fully saturated rings. The van der Waals surface area contributed by atoms with E-state index in [1.54, 1.807) is 18.2 Å². The zero-order valence-corrected chi connectivity index (χ0v) is 10.7. The quantitative estimate of drug-likeness (QED) is 0.917. The summed E-state index contributed by atoms with van der Waals surface area (Å²) in [6.45, 7) is 1.92. The largest absolute Gasteiger partial charge is 0.345 e. The Bertz CT molecular complexity index is 567. The lowest BCUT2D eigenvalue weighted by Crippen LogP contribution is -2.26. The van der Waals surface area contributed by atoms with E-state index in [0.717, 1.165) is 5.56 Å². The third kappa shape index (κ3) is 2.76. The number of carbonyl (C=O) groups excluding carboxylic acids is 1. The molecule has 0 bridgehead atoms. The van der Waals surface area contributed by atoms with Crippen LogP contribution >= 0.6 is 11.3 Å². The van der Waals surface area contributed by atoms with E-state index < -0.39 is 0 Å². The smallest absolute Gasteiger partial charge is 0.252 e. The summed E-state index contributed by atoms with van der Waals surface area (Å²) in [7, 11) is 0. The Labute approximate surface area is 110 Å². The number of rotatable bonds is 3. The Balaban J connectivity index is 2.05. The first-order valence-corrected chi connectivity index (χ1v) is 6.48. The van der Waals surface area contributed by atoms with Crippen LogP contribution in [-0.4, -0.2) is 5.91 Å². The zero-order chi connectivity index (χ0) is 13.0. The molecule has 0 radical (unpaired) electrons. The van der Waals surface area contributed by atoms with E-state index in [1.165, 1.54) is 11.3 Å². The maximum atomic E-state index is 11.9. The fourth-order valence-electron chi connectivity index (χ4n) is 1.60. The monoisotopic (exact) mass is 256 g/mol. The van der Waals surface area contributed by atoms with Gasteiger partial charge in [0.1, 0.15) is 0 Å². The highest BCUT2D eigenvalue weighted by atomic mass is 32.1. The molecular formula is C14H12N2OS.